The lowest BCUT2D eigenvalue weighted by Crippen LogP contribution is -2.39. The molecular weight excluding hydrogens is 328 g/mol. The summed E-state index contributed by atoms with van der Waals surface area (Å²) in [6, 6.07) is 4.03. The van der Waals surface area contributed by atoms with E-state index in [0.717, 1.165) is 31.8 Å². The number of pyridine rings is 1. The normalized spacial score (nSPS) is 17.4. The van der Waals surface area contributed by atoms with E-state index in [1.807, 2.05) is 36.5 Å². The molecule has 0 aliphatic carbocycles. The van der Waals surface area contributed by atoms with Crippen LogP contribution in [0.25, 0.3) is 0 Å². The Hall–Kier alpha value is -2.96. The van der Waals surface area contributed by atoms with Gasteiger partial charge in [0.15, 0.2) is 0 Å². The minimum atomic E-state index is 0.0510. The zero-order valence-corrected chi connectivity index (χ0v) is 14.8. The Labute approximate surface area is 152 Å². The summed E-state index contributed by atoms with van der Waals surface area (Å²) in [6.45, 7) is 2.25. The first kappa shape index (κ1) is 16.5. The monoisotopic (exact) mass is 350 g/mol. The molecule has 1 amide bonds. The van der Waals surface area contributed by atoms with Crippen LogP contribution < -0.4 is 0 Å². The van der Waals surface area contributed by atoms with E-state index >= 15 is 0 Å². The SMILES string of the molecule is Cn1cc(C(=O)N2CCCC(c3nccn3Cc3ccncc3)C2)cn1. The topological polar surface area (TPSA) is 68.8 Å². The van der Waals surface area contributed by atoms with Crippen LogP contribution in [0.4, 0.5) is 0 Å². The Morgan fingerprint density at radius 2 is 2.12 bits per heavy atom. The van der Waals surface area contributed by atoms with E-state index in [-0.39, 0.29) is 11.8 Å². The van der Waals surface area contributed by atoms with Gasteiger partial charge in [-0.25, -0.2) is 4.98 Å². The third kappa shape index (κ3) is 3.37. The van der Waals surface area contributed by atoms with Crippen LogP contribution in [0.3, 0.4) is 0 Å². The highest BCUT2D eigenvalue weighted by Gasteiger charge is 2.28. The predicted molar refractivity (Wildman–Crippen MR) is 96.7 cm³/mol. The Morgan fingerprint density at radius 3 is 2.88 bits per heavy atom. The molecule has 0 bridgehead atoms. The quantitative estimate of drug-likeness (QED) is 0.722. The molecule has 1 fully saturated rings. The van der Waals surface area contributed by atoms with Crippen LogP contribution in [0.1, 0.15) is 40.5 Å². The van der Waals surface area contributed by atoms with Crippen molar-refractivity contribution in [3.63, 3.8) is 0 Å². The van der Waals surface area contributed by atoms with E-state index < -0.39 is 0 Å². The lowest BCUT2D eigenvalue weighted by Gasteiger charge is -2.32. The van der Waals surface area contributed by atoms with Crippen LogP contribution in [-0.4, -0.2) is 48.2 Å². The average molecular weight is 350 g/mol. The second-order valence-corrected chi connectivity index (χ2v) is 6.76. The van der Waals surface area contributed by atoms with E-state index in [0.29, 0.717) is 12.1 Å². The van der Waals surface area contributed by atoms with Crippen LogP contribution in [0.15, 0.2) is 49.3 Å². The maximum Gasteiger partial charge on any atom is 0.257 e. The molecular formula is C19H22N6O. The van der Waals surface area contributed by atoms with Gasteiger partial charge < -0.3 is 9.47 Å². The molecule has 0 aromatic carbocycles. The zero-order chi connectivity index (χ0) is 17.9. The van der Waals surface area contributed by atoms with Gasteiger partial charge in [-0.1, -0.05) is 0 Å². The molecule has 0 saturated carbocycles. The van der Waals surface area contributed by atoms with Gasteiger partial charge in [-0.3, -0.25) is 14.5 Å². The molecule has 4 rings (SSSR count). The number of carbonyl (C=O) groups excluding carboxylic acids is 1. The summed E-state index contributed by atoms with van der Waals surface area (Å²) in [4.78, 5) is 23.3. The smallest absolute Gasteiger partial charge is 0.257 e. The van der Waals surface area contributed by atoms with Crippen molar-refractivity contribution < 1.29 is 4.79 Å². The number of hydrogen-bond donors (Lipinski definition) is 0. The van der Waals surface area contributed by atoms with Crippen molar-refractivity contribution in [3.05, 3.63) is 66.3 Å². The summed E-state index contributed by atoms with van der Waals surface area (Å²) in [7, 11) is 1.83. The Kier molecular flexibility index (Phi) is 4.51. The van der Waals surface area contributed by atoms with Gasteiger partial charge in [0.05, 0.1) is 11.8 Å². The predicted octanol–water partition coefficient (Wildman–Crippen LogP) is 2.08. The molecule has 1 aliphatic rings. The average Bonchev–Trinajstić information content (AvgIpc) is 3.31. The number of carbonyl (C=O) groups is 1. The van der Waals surface area contributed by atoms with Crippen molar-refractivity contribution in [1.82, 2.24) is 29.2 Å². The molecule has 3 aromatic heterocycles. The summed E-state index contributed by atoms with van der Waals surface area (Å²) >= 11 is 0. The molecule has 7 heteroatoms. The first-order valence-corrected chi connectivity index (χ1v) is 8.88. The number of hydrogen-bond acceptors (Lipinski definition) is 4. The van der Waals surface area contributed by atoms with Gasteiger partial charge in [0.1, 0.15) is 5.82 Å². The number of nitrogens with zero attached hydrogens (tertiary/aromatic N) is 6. The van der Waals surface area contributed by atoms with Gasteiger partial charge in [-0.2, -0.15) is 5.10 Å². The number of likely N-dealkylation sites (tertiary alicyclic amines) is 1. The Morgan fingerprint density at radius 1 is 1.27 bits per heavy atom. The largest absolute Gasteiger partial charge is 0.338 e. The number of imidazole rings is 1. The van der Waals surface area contributed by atoms with Crippen LogP contribution in [0.5, 0.6) is 0 Å². The lowest BCUT2D eigenvalue weighted by molar-refractivity contribution is 0.0703. The zero-order valence-electron chi connectivity index (χ0n) is 14.8. The number of rotatable bonds is 4. The molecule has 3 aromatic rings. The molecule has 0 spiro atoms. The number of aryl methyl sites for hydroxylation is 1. The van der Waals surface area contributed by atoms with Crippen molar-refractivity contribution in [1.29, 1.82) is 0 Å². The molecule has 0 N–H and O–H groups in total. The first-order valence-electron chi connectivity index (χ1n) is 8.88. The third-order valence-electron chi connectivity index (χ3n) is 4.88. The summed E-state index contributed by atoms with van der Waals surface area (Å²) < 4.78 is 3.84. The lowest BCUT2D eigenvalue weighted by atomic mass is 9.96. The molecule has 134 valence electrons. The van der Waals surface area contributed by atoms with Crippen molar-refractivity contribution >= 4 is 5.91 Å². The van der Waals surface area contributed by atoms with Crippen LogP contribution >= 0.6 is 0 Å². The minimum absolute atomic E-state index is 0.0510. The highest BCUT2D eigenvalue weighted by molar-refractivity contribution is 5.93. The standard InChI is InChI=1S/C19H22N6O/c1-23-13-17(11-22-23)19(26)25-9-2-3-16(14-25)18-21-8-10-24(18)12-15-4-6-20-7-5-15/h4-8,10-11,13,16H,2-3,9,12,14H2,1H3. The highest BCUT2D eigenvalue weighted by Crippen LogP contribution is 2.27. The van der Waals surface area contributed by atoms with E-state index in [1.54, 1.807) is 29.5 Å². The molecule has 1 aliphatic heterocycles. The molecule has 1 unspecified atom stereocenters. The summed E-state index contributed by atoms with van der Waals surface area (Å²) in [5, 5.41) is 4.11. The molecule has 4 heterocycles. The van der Waals surface area contributed by atoms with Crippen molar-refractivity contribution in [2.24, 2.45) is 7.05 Å². The fraction of sp³-hybridized carbons (Fsp3) is 0.368. The fourth-order valence-corrected chi connectivity index (χ4v) is 3.59. The number of amides is 1. The molecule has 1 atom stereocenters. The Balaban J connectivity index is 1.50. The number of piperidine rings is 1. The van der Waals surface area contributed by atoms with E-state index in [1.165, 1.54) is 5.56 Å². The number of aromatic nitrogens is 5. The van der Waals surface area contributed by atoms with Crippen molar-refractivity contribution in [3.8, 4) is 0 Å². The van der Waals surface area contributed by atoms with Gasteiger partial charge in [0.2, 0.25) is 0 Å². The maximum absolute atomic E-state index is 12.7. The maximum atomic E-state index is 12.7. The van der Waals surface area contributed by atoms with E-state index in [2.05, 4.69) is 19.6 Å². The fourth-order valence-electron chi connectivity index (χ4n) is 3.59. The summed E-state index contributed by atoms with van der Waals surface area (Å²) in [5.74, 6) is 1.35. The second kappa shape index (κ2) is 7.11. The van der Waals surface area contributed by atoms with Gasteiger partial charge in [-0.15, -0.1) is 0 Å². The molecule has 7 nitrogen and oxygen atoms in total. The van der Waals surface area contributed by atoms with E-state index in [9.17, 15) is 4.79 Å². The van der Waals surface area contributed by atoms with Gasteiger partial charge >= 0.3 is 0 Å². The van der Waals surface area contributed by atoms with Crippen LogP contribution in [0.2, 0.25) is 0 Å². The van der Waals surface area contributed by atoms with Crippen molar-refractivity contribution in [2.75, 3.05) is 13.1 Å². The highest BCUT2D eigenvalue weighted by atomic mass is 16.2. The van der Waals surface area contributed by atoms with Gasteiger partial charge in [0.25, 0.3) is 5.91 Å². The second-order valence-electron chi connectivity index (χ2n) is 6.76. The van der Waals surface area contributed by atoms with Gasteiger partial charge in [-0.05, 0) is 30.5 Å². The molecule has 0 radical (unpaired) electrons. The summed E-state index contributed by atoms with van der Waals surface area (Å²) in [5.41, 5.74) is 1.84. The molecule has 26 heavy (non-hydrogen) atoms. The molecule has 1 saturated heterocycles. The van der Waals surface area contributed by atoms with Gasteiger partial charge in [0, 0.05) is 63.6 Å². The first-order chi connectivity index (χ1) is 12.7. The van der Waals surface area contributed by atoms with Crippen LogP contribution in [-0.2, 0) is 13.6 Å². The minimum Gasteiger partial charge on any atom is -0.338 e. The third-order valence-corrected chi connectivity index (χ3v) is 4.88. The van der Waals surface area contributed by atoms with Crippen molar-refractivity contribution in [2.45, 2.75) is 25.3 Å². The summed E-state index contributed by atoms with van der Waals surface area (Å²) in [6.07, 6.45) is 12.9. The van der Waals surface area contributed by atoms with E-state index in [4.69, 9.17) is 0 Å². The Bertz CT molecular complexity index is 884. The van der Waals surface area contributed by atoms with Crippen LogP contribution in [0, 0.1) is 0 Å².